The first-order valence-electron chi connectivity index (χ1n) is 9.06. The van der Waals surface area contributed by atoms with Gasteiger partial charge >= 0.3 is 0 Å². The second kappa shape index (κ2) is 9.84. The van der Waals surface area contributed by atoms with Gasteiger partial charge in [-0.05, 0) is 25.5 Å². The third-order valence-corrected chi connectivity index (χ3v) is 4.45. The van der Waals surface area contributed by atoms with Crippen LogP contribution in [-0.2, 0) is 9.59 Å². The van der Waals surface area contributed by atoms with Crippen molar-refractivity contribution in [1.82, 2.24) is 15.8 Å². The maximum atomic E-state index is 12.1. The van der Waals surface area contributed by atoms with Crippen molar-refractivity contribution in [2.45, 2.75) is 26.7 Å². The molecule has 1 heterocycles. The quantitative estimate of drug-likeness (QED) is 0.560. The summed E-state index contributed by atoms with van der Waals surface area (Å²) in [5.74, 6) is -0.230. The fourth-order valence-electron chi connectivity index (χ4n) is 2.85. The van der Waals surface area contributed by atoms with Gasteiger partial charge in [0, 0.05) is 19.4 Å². The van der Waals surface area contributed by atoms with Gasteiger partial charge in [0.1, 0.15) is 6.54 Å². The number of benzene rings is 1. The molecule has 0 spiro atoms. The monoisotopic (exact) mass is 345 g/mol. The summed E-state index contributed by atoms with van der Waals surface area (Å²) in [7, 11) is 0. The molecule has 0 aromatic heterocycles. The minimum absolute atomic E-state index is 0.0289. The number of hydrazine groups is 1. The SMILES string of the molecule is CC[NH+](CC)CCCNC(=O)CN1NC(c2ccccc2)=CCC1=O. The lowest BCUT2D eigenvalue weighted by atomic mass is 10.1. The lowest BCUT2D eigenvalue weighted by molar-refractivity contribution is -0.896. The molecular formula is C19H29N4O2+. The highest BCUT2D eigenvalue weighted by atomic mass is 16.2. The summed E-state index contributed by atoms with van der Waals surface area (Å²) in [4.78, 5) is 25.7. The van der Waals surface area contributed by atoms with Gasteiger partial charge in [-0.25, -0.2) is 5.01 Å². The zero-order valence-electron chi connectivity index (χ0n) is 15.2. The summed E-state index contributed by atoms with van der Waals surface area (Å²) in [6.45, 7) is 8.27. The Morgan fingerprint density at radius 3 is 2.64 bits per heavy atom. The van der Waals surface area contributed by atoms with Gasteiger partial charge in [-0.15, -0.1) is 0 Å². The molecule has 2 rings (SSSR count). The third-order valence-electron chi connectivity index (χ3n) is 4.45. The summed E-state index contributed by atoms with van der Waals surface area (Å²) < 4.78 is 0. The highest BCUT2D eigenvalue weighted by molar-refractivity contribution is 5.88. The minimum Gasteiger partial charge on any atom is -0.354 e. The number of rotatable bonds is 9. The number of nitrogens with zero attached hydrogens (tertiary/aromatic N) is 1. The van der Waals surface area contributed by atoms with E-state index >= 15 is 0 Å². The van der Waals surface area contributed by atoms with Crippen molar-refractivity contribution in [2.24, 2.45) is 0 Å². The van der Waals surface area contributed by atoms with Gasteiger partial charge in [-0.2, -0.15) is 0 Å². The number of amides is 2. The molecule has 2 amide bonds. The van der Waals surface area contributed by atoms with Gasteiger partial charge in [0.05, 0.1) is 25.3 Å². The van der Waals surface area contributed by atoms with Crippen LogP contribution in [0.4, 0.5) is 0 Å². The Kier molecular flexibility index (Phi) is 7.47. The number of carbonyl (C=O) groups is 2. The second-order valence-electron chi connectivity index (χ2n) is 6.19. The van der Waals surface area contributed by atoms with Crippen LogP contribution >= 0.6 is 0 Å². The Morgan fingerprint density at radius 1 is 1.24 bits per heavy atom. The lowest BCUT2D eigenvalue weighted by Crippen LogP contribution is -3.11. The summed E-state index contributed by atoms with van der Waals surface area (Å²) in [5.41, 5.74) is 4.92. The largest absolute Gasteiger partial charge is 0.354 e. The molecule has 1 aliphatic heterocycles. The van der Waals surface area contributed by atoms with Gasteiger partial charge in [0.15, 0.2) is 0 Å². The molecule has 0 atom stereocenters. The van der Waals surface area contributed by atoms with Crippen molar-refractivity contribution in [2.75, 3.05) is 32.7 Å². The number of quaternary nitrogens is 1. The zero-order chi connectivity index (χ0) is 18.1. The molecule has 0 bridgehead atoms. The molecule has 0 unspecified atom stereocenters. The Morgan fingerprint density at radius 2 is 1.96 bits per heavy atom. The number of carbonyl (C=O) groups excluding carboxylic acids is 2. The van der Waals surface area contributed by atoms with Gasteiger partial charge in [0.2, 0.25) is 11.8 Å². The molecule has 0 saturated carbocycles. The first kappa shape index (κ1) is 19.0. The van der Waals surface area contributed by atoms with E-state index in [9.17, 15) is 9.59 Å². The summed E-state index contributed by atoms with van der Waals surface area (Å²) in [6.07, 6.45) is 3.11. The van der Waals surface area contributed by atoms with Crippen molar-refractivity contribution in [3.8, 4) is 0 Å². The summed E-state index contributed by atoms with van der Waals surface area (Å²) >= 11 is 0. The molecule has 1 aromatic rings. The van der Waals surface area contributed by atoms with Gasteiger partial charge in [-0.3, -0.25) is 15.0 Å². The van der Waals surface area contributed by atoms with Crippen molar-refractivity contribution >= 4 is 17.5 Å². The molecular weight excluding hydrogens is 316 g/mol. The van der Waals surface area contributed by atoms with E-state index in [0.29, 0.717) is 13.0 Å². The highest BCUT2D eigenvalue weighted by Gasteiger charge is 2.21. The van der Waals surface area contributed by atoms with E-state index in [1.807, 2.05) is 36.4 Å². The Balaban J connectivity index is 1.78. The molecule has 6 heteroatoms. The molecule has 25 heavy (non-hydrogen) atoms. The van der Waals surface area contributed by atoms with Crippen LogP contribution in [0.3, 0.4) is 0 Å². The van der Waals surface area contributed by atoms with Crippen LogP contribution in [-0.4, -0.2) is 49.5 Å². The predicted molar refractivity (Wildman–Crippen MR) is 98.4 cm³/mol. The summed E-state index contributed by atoms with van der Waals surface area (Å²) in [6, 6.07) is 9.79. The third kappa shape index (κ3) is 5.90. The normalized spacial score (nSPS) is 14.3. The molecule has 3 N–H and O–H groups in total. The van der Waals surface area contributed by atoms with Gasteiger partial charge in [-0.1, -0.05) is 30.3 Å². The first-order valence-corrected chi connectivity index (χ1v) is 9.06. The van der Waals surface area contributed by atoms with Gasteiger partial charge in [0.25, 0.3) is 0 Å². The van der Waals surface area contributed by atoms with Crippen LogP contribution in [0.5, 0.6) is 0 Å². The van der Waals surface area contributed by atoms with E-state index in [2.05, 4.69) is 24.6 Å². The van der Waals surface area contributed by atoms with E-state index in [0.717, 1.165) is 37.3 Å². The number of hydrogen-bond acceptors (Lipinski definition) is 3. The van der Waals surface area contributed by atoms with Crippen LogP contribution in [0.15, 0.2) is 36.4 Å². The van der Waals surface area contributed by atoms with E-state index in [4.69, 9.17) is 0 Å². The fraction of sp³-hybridized carbons (Fsp3) is 0.474. The van der Waals surface area contributed by atoms with E-state index in [-0.39, 0.29) is 18.4 Å². The van der Waals surface area contributed by atoms with Crippen molar-refractivity contribution in [3.63, 3.8) is 0 Å². The van der Waals surface area contributed by atoms with Crippen LogP contribution in [0.25, 0.3) is 5.70 Å². The van der Waals surface area contributed by atoms with Crippen LogP contribution in [0.1, 0.15) is 32.3 Å². The van der Waals surface area contributed by atoms with Crippen molar-refractivity contribution < 1.29 is 14.5 Å². The van der Waals surface area contributed by atoms with E-state index < -0.39 is 0 Å². The predicted octanol–water partition coefficient (Wildman–Crippen LogP) is 0.195. The van der Waals surface area contributed by atoms with E-state index in [1.54, 1.807) is 0 Å². The van der Waals surface area contributed by atoms with Crippen LogP contribution < -0.4 is 15.6 Å². The summed E-state index contributed by atoms with van der Waals surface area (Å²) in [5, 5.41) is 4.30. The van der Waals surface area contributed by atoms with Crippen LogP contribution in [0, 0.1) is 0 Å². The Hall–Kier alpha value is -2.34. The fourth-order valence-corrected chi connectivity index (χ4v) is 2.85. The maximum absolute atomic E-state index is 12.1. The average molecular weight is 345 g/mol. The molecule has 0 aliphatic carbocycles. The molecule has 0 saturated heterocycles. The highest BCUT2D eigenvalue weighted by Crippen LogP contribution is 2.16. The zero-order valence-corrected chi connectivity index (χ0v) is 15.2. The minimum atomic E-state index is -0.135. The molecule has 1 aromatic carbocycles. The smallest absolute Gasteiger partial charge is 0.245 e. The average Bonchev–Trinajstić information content (AvgIpc) is 2.64. The van der Waals surface area contributed by atoms with Gasteiger partial charge < -0.3 is 10.2 Å². The lowest BCUT2D eigenvalue weighted by Gasteiger charge is -2.28. The molecule has 1 aliphatic rings. The first-order chi connectivity index (χ1) is 12.1. The number of nitrogens with one attached hydrogen (secondary N) is 3. The van der Waals surface area contributed by atoms with Crippen molar-refractivity contribution in [3.05, 3.63) is 42.0 Å². The van der Waals surface area contributed by atoms with Crippen molar-refractivity contribution in [1.29, 1.82) is 0 Å². The Labute approximate surface area is 149 Å². The molecule has 0 radical (unpaired) electrons. The molecule has 0 fully saturated rings. The topological polar surface area (TPSA) is 65.9 Å². The molecule has 6 nitrogen and oxygen atoms in total. The standard InChI is InChI=1S/C19H28N4O2/c1-3-22(4-2)14-8-13-20-18(24)15-23-19(25)12-11-17(21-23)16-9-6-5-7-10-16/h5-7,9-11,21H,3-4,8,12-15H2,1-2H3,(H,20,24)/p+1. The number of hydrogen-bond donors (Lipinski definition) is 3. The maximum Gasteiger partial charge on any atom is 0.245 e. The van der Waals surface area contributed by atoms with Crippen LogP contribution in [0.2, 0.25) is 0 Å². The second-order valence-corrected chi connectivity index (χ2v) is 6.19. The Bertz CT molecular complexity index is 597. The van der Waals surface area contributed by atoms with E-state index in [1.165, 1.54) is 9.91 Å². The molecule has 136 valence electrons.